The molecule has 0 saturated heterocycles. The molecule has 1 aromatic carbocycles. The minimum Gasteiger partial charge on any atom is -0.345 e. The van der Waals surface area contributed by atoms with E-state index in [2.05, 4.69) is 20.5 Å². The molecule has 5 nitrogen and oxygen atoms in total. The number of nitrogens with one attached hydrogen (secondary N) is 2. The van der Waals surface area contributed by atoms with Gasteiger partial charge in [0.05, 0.1) is 0 Å². The van der Waals surface area contributed by atoms with Crippen LogP contribution >= 0.6 is 0 Å². The van der Waals surface area contributed by atoms with Crippen LogP contribution in [0.15, 0.2) is 18.2 Å². The van der Waals surface area contributed by atoms with E-state index in [0.29, 0.717) is 17.0 Å². The third-order valence-corrected chi connectivity index (χ3v) is 3.09. The Balaban J connectivity index is 2.01. The molecule has 1 heterocycles. The standard InChI is InChI=1S/C15H19FN4O/c1-9-5-6-10(7-11(9)16)8-17-13(21)12-18-14(20-19-12)15(2,3)4/h5-7H,8H2,1-4H3,(H,17,21)(H,18,19,20). The van der Waals surface area contributed by atoms with Crippen molar-refractivity contribution in [1.29, 1.82) is 0 Å². The van der Waals surface area contributed by atoms with E-state index >= 15 is 0 Å². The van der Waals surface area contributed by atoms with Gasteiger partial charge in [0.15, 0.2) is 0 Å². The molecular weight excluding hydrogens is 271 g/mol. The molecule has 2 aromatic rings. The van der Waals surface area contributed by atoms with E-state index in [-0.39, 0.29) is 29.5 Å². The fourth-order valence-electron chi connectivity index (χ4n) is 1.71. The highest BCUT2D eigenvalue weighted by molar-refractivity contribution is 5.90. The lowest BCUT2D eigenvalue weighted by molar-refractivity contribution is 0.0940. The molecule has 112 valence electrons. The van der Waals surface area contributed by atoms with Gasteiger partial charge in [0.25, 0.3) is 5.91 Å². The topological polar surface area (TPSA) is 70.7 Å². The van der Waals surface area contributed by atoms with Crippen LogP contribution in [0.3, 0.4) is 0 Å². The van der Waals surface area contributed by atoms with Crippen molar-refractivity contribution in [2.24, 2.45) is 0 Å². The zero-order valence-electron chi connectivity index (χ0n) is 12.6. The Bertz CT molecular complexity index is 658. The van der Waals surface area contributed by atoms with Crippen molar-refractivity contribution in [3.63, 3.8) is 0 Å². The number of halogens is 1. The maximum Gasteiger partial charge on any atom is 0.291 e. The largest absolute Gasteiger partial charge is 0.345 e. The normalized spacial score (nSPS) is 11.5. The summed E-state index contributed by atoms with van der Waals surface area (Å²) in [6, 6.07) is 4.87. The van der Waals surface area contributed by atoms with Crippen LogP contribution in [0.2, 0.25) is 0 Å². The third-order valence-electron chi connectivity index (χ3n) is 3.09. The first-order valence-corrected chi connectivity index (χ1v) is 6.73. The van der Waals surface area contributed by atoms with Crippen LogP contribution in [0, 0.1) is 12.7 Å². The maximum absolute atomic E-state index is 13.4. The molecule has 1 amide bonds. The second-order valence-electron chi connectivity index (χ2n) is 6.02. The van der Waals surface area contributed by atoms with Crippen molar-refractivity contribution < 1.29 is 9.18 Å². The number of carbonyl (C=O) groups excluding carboxylic acids is 1. The van der Waals surface area contributed by atoms with Crippen molar-refractivity contribution in [3.05, 3.63) is 46.8 Å². The van der Waals surface area contributed by atoms with E-state index in [1.54, 1.807) is 19.1 Å². The summed E-state index contributed by atoms with van der Waals surface area (Å²) in [5.41, 5.74) is 1.07. The lowest BCUT2D eigenvalue weighted by Gasteiger charge is -2.12. The molecule has 0 bridgehead atoms. The number of hydrogen-bond acceptors (Lipinski definition) is 3. The summed E-state index contributed by atoms with van der Waals surface area (Å²) in [6.45, 7) is 7.85. The van der Waals surface area contributed by atoms with E-state index in [1.165, 1.54) is 6.07 Å². The van der Waals surface area contributed by atoms with Crippen molar-refractivity contribution >= 4 is 5.91 Å². The number of aromatic amines is 1. The number of aromatic nitrogens is 3. The Morgan fingerprint density at radius 2 is 2.10 bits per heavy atom. The van der Waals surface area contributed by atoms with Crippen LogP contribution in [0.25, 0.3) is 0 Å². The monoisotopic (exact) mass is 290 g/mol. The van der Waals surface area contributed by atoms with Gasteiger partial charge in [-0.2, -0.15) is 0 Å². The predicted octanol–water partition coefficient (Wildman–Crippen LogP) is 2.48. The first kappa shape index (κ1) is 15.2. The van der Waals surface area contributed by atoms with Gasteiger partial charge < -0.3 is 5.32 Å². The zero-order chi connectivity index (χ0) is 15.6. The molecule has 0 aliphatic heterocycles. The number of amides is 1. The Labute approximate surface area is 123 Å². The second-order valence-corrected chi connectivity index (χ2v) is 6.02. The summed E-state index contributed by atoms with van der Waals surface area (Å²) in [6.07, 6.45) is 0. The molecule has 6 heteroatoms. The number of rotatable bonds is 3. The van der Waals surface area contributed by atoms with Crippen LogP contribution in [-0.2, 0) is 12.0 Å². The van der Waals surface area contributed by atoms with Gasteiger partial charge in [0, 0.05) is 12.0 Å². The molecule has 0 unspecified atom stereocenters. The van der Waals surface area contributed by atoms with Gasteiger partial charge in [-0.25, -0.2) is 9.37 Å². The maximum atomic E-state index is 13.4. The van der Waals surface area contributed by atoms with Crippen LogP contribution in [0.5, 0.6) is 0 Å². The van der Waals surface area contributed by atoms with Crippen LogP contribution < -0.4 is 5.32 Å². The molecule has 0 fully saturated rings. The van der Waals surface area contributed by atoms with Gasteiger partial charge in [-0.15, -0.1) is 5.10 Å². The highest BCUT2D eigenvalue weighted by atomic mass is 19.1. The van der Waals surface area contributed by atoms with Gasteiger partial charge in [0.1, 0.15) is 11.6 Å². The Kier molecular flexibility index (Phi) is 4.06. The van der Waals surface area contributed by atoms with E-state index in [9.17, 15) is 9.18 Å². The quantitative estimate of drug-likeness (QED) is 0.912. The van der Waals surface area contributed by atoms with E-state index in [0.717, 1.165) is 0 Å². The van der Waals surface area contributed by atoms with Crippen LogP contribution in [0.4, 0.5) is 4.39 Å². The fourth-order valence-corrected chi connectivity index (χ4v) is 1.71. The van der Waals surface area contributed by atoms with Gasteiger partial charge >= 0.3 is 0 Å². The lowest BCUT2D eigenvalue weighted by Crippen LogP contribution is -2.24. The van der Waals surface area contributed by atoms with E-state index in [4.69, 9.17) is 0 Å². The van der Waals surface area contributed by atoms with E-state index < -0.39 is 0 Å². The van der Waals surface area contributed by atoms with Crippen molar-refractivity contribution in [1.82, 2.24) is 20.5 Å². The number of carbonyl (C=O) groups is 1. The van der Waals surface area contributed by atoms with Crippen molar-refractivity contribution in [2.45, 2.75) is 39.7 Å². The summed E-state index contributed by atoms with van der Waals surface area (Å²) in [5.74, 6) is 0.0685. The molecule has 2 rings (SSSR count). The van der Waals surface area contributed by atoms with Gasteiger partial charge in [-0.1, -0.05) is 32.9 Å². The highest BCUT2D eigenvalue weighted by Gasteiger charge is 2.21. The number of H-pyrrole nitrogens is 1. The summed E-state index contributed by atoms with van der Waals surface area (Å²) in [5, 5.41) is 9.34. The van der Waals surface area contributed by atoms with Crippen LogP contribution in [0.1, 0.15) is 48.3 Å². The molecule has 0 saturated carbocycles. The minimum atomic E-state index is -0.386. The summed E-state index contributed by atoms with van der Waals surface area (Å²) >= 11 is 0. The Morgan fingerprint density at radius 3 is 2.67 bits per heavy atom. The molecule has 0 aliphatic rings. The molecular formula is C15H19FN4O. The first-order chi connectivity index (χ1) is 9.77. The third kappa shape index (κ3) is 3.65. The number of nitrogens with zero attached hydrogens (tertiary/aromatic N) is 2. The molecule has 0 atom stereocenters. The summed E-state index contributed by atoms with van der Waals surface area (Å²) < 4.78 is 13.4. The second kappa shape index (κ2) is 5.63. The highest BCUT2D eigenvalue weighted by Crippen LogP contribution is 2.17. The number of hydrogen-bond donors (Lipinski definition) is 2. The smallest absolute Gasteiger partial charge is 0.291 e. The van der Waals surface area contributed by atoms with Crippen LogP contribution in [-0.4, -0.2) is 21.1 Å². The Hall–Kier alpha value is -2.24. The molecule has 0 spiro atoms. The molecule has 0 aliphatic carbocycles. The molecule has 0 radical (unpaired) electrons. The summed E-state index contributed by atoms with van der Waals surface area (Å²) in [7, 11) is 0. The SMILES string of the molecule is Cc1ccc(CNC(=O)c2n[nH]c(C(C)(C)C)n2)cc1F. The van der Waals surface area contributed by atoms with E-state index in [1.807, 2.05) is 20.8 Å². The minimum absolute atomic E-state index is 0.0903. The van der Waals surface area contributed by atoms with Gasteiger partial charge in [-0.05, 0) is 24.1 Å². The Morgan fingerprint density at radius 1 is 1.38 bits per heavy atom. The number of aryl methyl sites for hydroxylation is 1. The lowest BCUT2D eigenvalue weighted by atomic mass is 9.96. The predicted molar refractivity (Wildman–Crippen MR) is 77.4 cm³/mol. The summed E-state index contributed by atoms with van der Waals surface area (Å²) in [4.78, 5) is 16.1. The zero-order valence-corrected chi connectivity index (χ0v) is 12.6. The van der Waals surface area contributed by atoms with Gasteiger partial charge in [-0.3, -0.25) is 9.89 Å². The average molecular weight is 290 g/mol. The average Bonchev–Trinajstić information content (AvgIpc) is 2.89. The van der Waals surface area contributed by atoms with Crippen molar-refractivity contribution in [2.75, 3.05) is 0 Å². The molecule has 21 heavy (non-hydrogen) atoms. The van der Waals surface area contributed by atoms with Gasteiger partial charge in [0.2, 0.25) is 5.82 Å². The molecule has 2 N–H and O–H groups in total. The number of benzene rings is 1. The fraction of sp³-hybridized carbons (Fsp3) is 0.400. The molecule has 1 aromatic heterocycles. The van der Waals surface area contributed by atoms with Crippen molar-refractivity contribution in [3.8, 4) is 0 Å². The first-order valence-electron chi connectivity index (χ1n) is 6.73.